The number of rotatable bonds is 5. The van der Waals surface area contributed by atoms with Crippen LogP contribution in [0.15, 0.2) is 29.2 Å². The van der Waals surface area contributed by atoms with Gasteiger partial charge in [0.05, 0.1) is 11.4 Å². The molecule has 17 heavy (non-hydrogen) atoms. The van der Waals surface area contributed by atoms with Crippen LogP contribution in [0.5, 0.6) is 0 Å². The fourth-order valence-electron chi connectivity index (χ4n) is 1.38. The number of nitrogens with two attached hydrogens (primary N) is 1. The van der Waals surface area contributed by atoms with Gasteiger partial charge in [0.15, 0.2) is 0 Å². The first-order chi connectivity index (χ1) is 7.79. The Kier molecular flexibility index (Phi) is 4.22. The molecule has 0 aromatic heterocycles. The highest BCUT2D eigenvalue weighted by atomic mass is 32.2. The van der Waals surface area contributed by atoms with Crippen LogP contribution in [0.25, 0.3) is 0 Å². The zero-order valence-electron chi connectivity index (χ0n) is 9.33. The molecule has 1 aromatic carbocycles. The van der Waals surface area contributed by atoms with Gasteiger partial charge < -0.3 is 5.11 Å². The van der Waals surface area contributed by atoms with Crippen LogP contribution in [0.3, 0.4) is 0 Å². The third kappa shape index (κ3) is 4.51. The summed E-state index contributed by atoms with van der Waals surface area (Å²) in [6.45, 7) is 0.355. The second-order valence-electron chi connectivity index (χ2n) is 3.75. The van der Waals surface area contributed by atoms with Crippen LogP contribution in [0.4, 0.5) is 0 Å². The molecule has 0 aliphatic heterocycles. The van der Waals surface area contributed by atoms with Gasteiger partial charge in [-0.05, 0) is 24.7 Å². The zero-order chi connectivity index (χ0) is 13.1. The number of nitrogens with zero attached hydrogens (tertiary/aromatic N) is 1. The fourth-order valence-corrected chi connectivity index (χ4v) is 1.90. The highest BCUT2D eigenvalue weighted by Gasteiger charge is 2.08. The third-order valence-corrected chi connectivity index (χ3v) is 3.04. The Balaban J connectivity index is 2.72. The van der Waals surface area contributed by atoms with Gasteiger partial charge in [-0.2, -0.15) is 0 Å². The molecule has 6 nitrogen and oxygen atoms in total. The van der Waals surface area contributed by atoms with Crippen LogP contribution in [0.1, 0.15) is 5.56 Å². The maximum absolute atomic E-state index is 11.0. The molecular weight excluding hydrogens is 244 g/mol. The predicted molar refractivity (Wildman–Crippen MR) is 61.8 cm³/mol. The topological polar surface area (TPSA) is 101 Å². The van der Waals surface area contributed by atoms with E-state index in [0.29, 0.717) is 6.54 Å². The number of carboxylic acid groups (broad SMARTS) is 1. The molecule has 0 aliphatic rings. The van der Waals surface area contributed by atoms with E-state index < -0.39 is 16.0 Å². The van der Waals surface area contributed by atoms with Crippen LogP contribution >= 0.6 is 0 Å². The van der Waals surface area contributed by atoms with Gasteiger partial charge in [0, 0.05) is 6.54 Å². The van der Waals surface area contributed by atoms with Gasteiger partial charge in [-0.25, -0.2) is 13.6 Å². The minimum atomic E-state index is -3.67. The summed E-state index contributed by atoms with van der Waals surface area (Å²) < 4.78 is 22.0. The largest absolute Gasteiger partial charge is 0.480 e. The lowest BCUT2D eigenvalue weighted by Gasteiger charge is -2.13. The lowest BCUT2D eigenvalue weighted by Crippen LogP contribution is -2.25. The molecule has 94 valence electrons. The van der Waals surface area contributed by atoms with Gasteiger partial charge in [0.2, 0.25) is 10.0 Å². The van der Waals surface area contributed by atoms with E-state index >= 15 is 0 Å². The van der Waals surface area contributed by atoms with Crippen LogP contribution in [-0.4, -0.2) is 38.0 Å². The second kappa shape index (κ2) is 5.26. The first-order valence-corrected chi connectivity index (χ1v) is 6.36. The maximum atomic E-state index is 11.0. The molecule has 7 heteroatoms. The molecule has 1 rings (SSSR count). The number of hydrogen-bond acceptors (Lipinski definition) is 4. The summed E-state index contributed by atoms with van der Waals surface area (Å²) in [5.74, 6) is -0.909. The smallest absolute Gasteiger partial charge is 0.317 e. The average Bonchev–Trinajstić information content (AvgIpc) is 2.15. The van der Waals surface area contributed by atoms with Gasteiger partial charge in [0.25, 0.3) is 0 Å². The number of sulfonamides is 1. The van der Waals surface area contributed by atoms with Gasteiger partial charge in [-0.15, -0.1) is 0 Å². The summed E-state index contributed by atoms with van der Waals surface area (Å²) in [4.78, 5) is 12.1. The molecule has 0 bridgehead atoms. The summed E-state index contributed by atoms with van der Waals surface area (Å²) in [5, 5.41) is 13.5. The van der Waals surface area contributed by atoms with Crippen LogP contribution in [-0.2, 0) is 21.4 Å². The van der Waals surface area contributed by atoms with Gasteiger partial charge in [0.1, 0.15) is 0 Å². The first kappa shape index (κ1) is 13.6. The molecule has 0 unspecified atom stereocenters. The average molecular weight is 258 g/mol. The Hall–Kier alpha value is -1.44. The van der Waals surface area contributed by atoms with Crippen LogP contribution < -0.4 is 5.14 Å². The lowest BCUT2D eigenvalue weighted by atomic mass is 10.2. The standard InChI is InChI=1S/C10H14N2O4S/c1-12(7-10(13)14)6-8-2-4-9(5-3-8)17(11,15)16/h2-5H,6-7H2,1H3,(H,13,14)(H2,11,15,16). The SMILES string of the molecule is CN(CC(=O)O)Cc1ccc(S(N)(=O)=O)cc1. The fraction of sp³-hybridized carbons (Fsp3) is 0.300. The van der Waals surface area contributed by atoms with E-state index in [-0.39, 0.29) is 11.4 Å². The molecule has 0 fully saturated rings. The summed E-state index contributed by atoms with van der Waals surface area (Å²) >= 11 is 0. The summed E-state index contributed by atoms with van der Waals surface area (Å²) in [6, 6.07) is 6.02. The van der Waals surface area contributed by atoms with Crippen LogP contribution in [0.2, 0.25) is 0 Å². The van der Waals surface area contributed by atoms with Crippen molar-refractivity contribution in [1.82, 2.24) is 4.90 Å². The maximum Gasteiger partial charge on any atom is 0.317 e. The van der Waals surface area contributed by atoms with Crippen molar-refractivity contribution in [2.45, 2.75) is 11.4 Å². The van der Waals surface area contributed by atoms with Crippen molar-refractivity contribution in [2.75, 3.05) is 13.6 Å². The highest BCUT2D eigenvalue weighted by molar-refractivity contribution is 7.89. The Labute approximate surface area is 99.7 Å². The number of likely N-dealkylation sites (N-methyl/N-ethyl adjacent to an activating group) is 1. The van der Waals surface area contributed by atoms with E-state index in [9.17, 15) is 13.2 Å². The lowest BCUT2D eigenvalue weighted by molar-refractivity contribution is -0.138. The summed E-state index contributed by atoms with van der Waals surface area (Å²) in [6.07, 6.45) is 0. The first-order valence-electron chi connectivity index (χ1n) is 4.81. The van der Waals surface area contributed by atoms with Crippen molar-refractivity contribution in [3.63, 3.8) is 0 Å². The second-order valence-corrected chi connectivity index (χ2v) is 5.32. The number of primary sulfonamides is 1. The molecule has 0 aliphatic carbocycles. The number of carbonyl (C=O) groups is 1. The van der Waals surface area contributed by atoms with Gasteiger partial charge in [-0.3, -0.25) is 9.69 Å². The van der Waals surface area contributed by atoms with E-state index in [0.717, 1.165) is 5.56 Å². The monoisotopic (exact) mass is 258 g/mol. The highest BCUT2D eigenvalue weighted by Crippen LogP contribution is 2.10. The molecule has 0 amide bonds. The quantitative estimate of drug-likeness (QED) is 0.765. The molecular formula is C10H14N2O4S. The molecule has 3 N–H and O–H groups in total. The van der Waals surface area contributed by atoms with E-state index in [4.69, 9.17) is 10.2 Å². The Morgan fingerprint density at radius 1 is 1.35 bits per heavy atom. The Morgan fingerprint density at radius 3 is 2.29 bits per heavy atom. The summed E-state index contributed by atoms with van der Waals surface area (Å²) in [7, 11) is -2.01. The van der Waals surface area contributed by atoms with E-state index in [2.05, 4.69) is 0 Å². The molecule has 1 aromatic rings. The number of benzene rings is 1. The molecule has 0 heterocycles. The van der Waals surface area contributed by atoms with E-state index in [1.165, 1.54) is 12.1 Å². The number of aliphatic carboxylic acids is 1. The molecule has 0 radical (unpaired) electrons. The number of carboxylic acids is 1. The van der Waals surface area contributed by atoms with Gasteiger partial charge in [-0.1, -0.05) is 12.1 Å². The van der Waals surface area contributed by atoms with Crippen LogP contribution in [0, 0.1) is 0 Å². The zero-order valence-corrected chi connectivity index (χ0v) is 10.1. The Morgan fingerprint density at radius 2 is 1.88 bits per heavy atom. The molecule has 0 spiro atoms. The molecule has 0 saturated carbocycles. The van der Waals surface area contributed by atoms with Crippen molar-refractivity contribution in [3.8, 4) is 0 Å². The minimum Gasteiger partial charge on any atom is -0.480 e. The molecule has 0 atom stereocenters. The van der Waals surface area contributed by atoms with E-state index in [1.54, 1.807) is 24.1 Å². The minimum absolute atomic E-state index is 0.0436. The van der Waals surface area contributed by atoms with Crippen molar-refractivity contribution in [2.24, 2.45) is 5.14 Å². The van der Waals surface area contributed by atoms with Crippen molar-refractivity contribution in [3.05, 3.63) is 29.8 Å². The summed E-state index contributed by atoms with van der Waals surface area (Å²) in [5.41, 5.74) is 0.821. The van der Waals surface area contributed by atoms with Crippen molar-refractivity contribution >= 4 is 16.0 Å². The Bertz CT molecular complexity index is 496. The molecule has 0 saturated heterocycles. The van der Waals surface area contributed by atoms with Crippen molar-refractivity contribution < 1.29 is 18.3 Å². The van der Waals surface area contributed by atoms with Crippen molar-refractivity contribution in [1.29, 1.82) is 0 Å². The van der Waals surface area contributed by atoms with Gasteiger partial charge >= 0.3 is 5.97 Å². The third-order valence-electron chi connectivity index (χ3n) is 2.11. The predicted octanol–water partition coefficient (Wildman–Crippen LogP) is -0.150. The number of hydrogen-bond donors (Lipinski definition) is 2. The van der Waals surface area contributed by atoms with E-state index in [1.807, 2.05) is 0 Å². The normalized spacial score (nSPS) is 11.7.